The molecule has 1 saturated heterocycles. The molecule has 0 saturated carbocycles. The predicted octanol–water partition coefficient (Wildman–Crippen LogP) is 1.64. The van der Waals surface area contributed by atoms with E-state index in [0.717, 1.165) is 31.9 Å². The summed E-state index contributed by atoms with van der Waals surface area (Å²) in [5, 5.41) is 0. The first-order valence-electron chi connectivity index (χ1n) is 6.59. The van der Waals surface area contributed by atoms with E-state index in [2.05, 4.69) is 23.9 Å². The Morgan fingerprint density at radius 3 is 3.06 bits per heavy atom. The molecule has 102 valence electrons. The van der Waals surface area contributed by atoms with Crippen LogP contribution in [0.2, 0.25) is 0 Å². The van der Waals surface area contributed by atoms with E-state index in [9.17, 15) is 0 Å². The van der Waals surface area contributed by atoms with Crippen LogP contribution < -0.4 is 5.73 Å². The van der Waals surface area contributed by atoms with E-state index in [0.29, 0.717) is 18.5 Å². The maximum absolute atomic E-state index is 5.96. The molecule has 18 heavy (non-hydrogen) atoms. The second kappa shape index (κ2) is 6.61. The Morgan fingerprint density at radius 2 is 2.50 bits per heavy atom. The molecule has 1 aromatic rings. The molecule has 1 aliphatic rings. The number of hydrogen-bond donors (Lipinski definition) is 1. The van der Waals surface area contributed by atoms with Gasteiger partial charge in [-0.15, -0.1) is 11.3 Å². The van der Waals surface area contributed by atoms with Crippen molar-refractivity contribution >= 4 is 11.3 Å². The zero-order valence-corrected chi connectivity index (χ0v) is 12.1. The van der Waals surface area contributed by atoms with Gasteiger partial charge in [-0.05, 0) is 32.7 Å². The van der Waals surface area contributed by atoms with Crippen LogP contribution in [0.3, 0.4) is 0 Å². The van der Waals surface area contributed by atoms with E-state index in [1.165, 1.54) is 11.3 Å². The van der Waals surface area contributed by atoms with Crippen molar-refractivity contribution in [1.29, 1.82) is 0 Å². The molecular weight excluding hydrogens is 246 g/mol. The molecule has 0 radical (unpaired) electrons. The molecule has 1 aromatic heterocycles. The van der Waals surface area contributed by atoms with Crippen LogP contribution in [-0.4, -0.2) is 42.7 Å². The molecule has 1 aliphatic heterocycles. The van der Waals surface area contributed by atoms with E-state index in [1.807, 2.05) is 5.51 Å². The number of aryl methyl sites for hydroxylation is 1. The Bertz CT molecular complexity index is 363. The number of nitrogens with two attached hydrogens (primary N) is 1. The third-order valence-corrected chi connectivity index (χ3v) is 4.71. The minimum Gasteiger partial charge on any atom is -0.381 e. The van der Waals surface area contributed by atoms with Crippen LogP contribution >= 0.6 is 11.3 Å². The molecular formula is C13H23N3OS. The zero-order chi connectivity index (χ0) is 13.0. The molecule has 0 spiro atoms. The van der Waals surface area contributed by atoms with Gasteiger partial charge in [0.25, 0.3) is 0 Å². The average molecular weight is 269 g/mol. The second-order valence-corrected chi connectivity index (χ2v) is 6.00. The van der Waals surface area contributed by atoms with Crippen molar-refractivity contribution in [2.75, 3.05) is 26.8 Å². The standard InChI is InChI=1S/C13H23N3OS/c1-10-13(18-9-15-10)7-16(2)12(6-14)11-4-3-5-17-8-11/h9,11-12H,3-8,14H2,1-2H3. The van der Waals surface area contributed by atoms with Crippen molar-refractivity contribution in [3.63, 3.8) is 0 Å². The molecule has 0 bridgehead atoms. The summed E-state index contributed by atoms with van der Waals surface area (Å²) in [5.74, 6) is 0.571. The summed E-state index contributed by atoms with van der Waals surface area (Å²) in [6.45, 7) is 5.47. The molecule has 2 N–H and O–H groups in total. The van der Waals surface area contributed by atoms with Gasteiger partial charge >= 0.3 is 0 Å². The number of aromatic nitrogens is 1. The molecule has 2 heterocycles. The van der Waals surface area contributed by atoms with Crippen molar-refractivity contribution in [2.45, 2.75) is 32.4 Å². The van der Waals surface area contributed by atoms with Crippen molar-refractivity contribution in [3.05, 3.63) is 16.1 Å². The average Bonchev–Trinajstić information content (AvgIpc) is 2.77. The van der Waals surface area contributed by atoms with Crippen LogP contribution in [0, 0.1) is 12.8 Å². The fourth-order valence-corrected chi connectivity index (χ4v) is 3.46. The Morgan fingerprint density at radius 1 is 1.67 bits per heavy atom. The highest BCUT2D eigenvalue weighted by Gasteiger charge is 2.26. The normalized spacial score (nSPS) is 22.3. The lowest BCUT2D eigenvalue weighted by atomic mass is 9.92. The Labute approximate surface area is 113 Å². The van der Waals surface area contributed by atoms with E-state index in [4.69, 9.17) is 10.5 Å². The summed E-state index contributed by atoms with van der Waals surface area (Å²) in [6, 6.07) is 0.409. The molecule has 0 aliphatic carbocycles. The molecule has 5 heteroatoms. The van der Waals surface area contributed by atoms with Gasteiger partial charge in [0.05, 0.1) is 17.8 Å². The lowest BCUT2D eigenvalue weighted by Gasteiger charge is -2.35. The van der Waals surface area contributed by atoms with Gasteiger partial charge in [-0.25, -0.2) is 4.98 Å². The Balaban J connectivity index is 1.96. The first-order chi connectivity index (χ1) is 8.72. The van der Waals surface area contributed by atoms with Gasteiger partial charge in [0.2, 0.25) is 0 Å². The third-order valence-electron chi connectivity index (χ3n) is 3.79. The van der Waals surface area contributed by atoms with Gasteiger partial charge in [-0.1, -0.05) is 0 Å². The van der Waals surface area contributed by atoms with Crippen LogP contribution in [-0.2, 0) is 11.3 Å². The van der Waals surface area contributed by atoms with Crippen molar-refractivity contribution in [1.82, 2.24) is 9.88 Å². The van der Waals surface area contributed by atoms with Crippen molar-refractivity contribution in [3.8, 4) is 0 Å². The third kappa shape index (κ3) is 3.29. The van der Waals surface area contributed by atoms with E-state index >= 15 is 0 Å². The summed E-state index contributed by atoms with van der Waals surface area (Å²) in [6.07, 6.45) is 2.39. The highest BCUT2D eigenvalue weighted by Crippen LogP contribution is 2.23. The first-order valence-corrected chi connectivity index (χ1v) is 7.47. The molecule has 0 amide bonds. The van der Waals surface area contributed by atoms with Gasteiger partial charge in [-0.3, -0.25) is 4.90 Å². The SMILES string of the molecule is Cc1ncsc1CN(C)C(CN)C1CCCOC1. The van der Waals surface area contributed by atoms with Gasteiger partial charge in [0.15, 0.2) is 0 Å². The number of hydrogen-bond acceptors (Lipinski definition) is 5. The molecule has 1 fully saturated rings. The summed E-state index contributed by atoms with van der Waals surface area (Å²) in [4.78, 5) is 8.00. The van der Waals surface area contributed by atoms with Crippen LogP contribution in [0.5, 0.6) is 0 Å². The Hall–Kier alpha value is -0.490. The molecule has 4 nitrogen and oxygen atoms in total. The summed E-state index contributed by atoms with van der Waals surface area (Å²) >= 11 is 1.73. The highest BCUT2D eigenvalue weighted by molar-refractivity contribution is 7.09. The maximum atomic E-state index is 5.96. The van der Waals surface area contributed by atoms with Crippen molar-refractivity contribution < 1.29 is 4.74 Å². The summed E-state index contributed by atoms with van der Waals surface area (Å²) < 4.78 is 5.58. The topological polar surface area (TPSA) is 51.4 Å². The van der Waals surface area contributed by atoms with Crippen LogP contribution in [0.1, 0.15) is 23.4 Å². The first kappa shape index (κ1) is 13.9. The molecule has 2 rings (SSSR count). The lowest BCUT2D eigenvalue weighted by Crippen LogP contribution is -2.45. The molecule has 0 aromatic carbocycles. The van der Waals surface area contributed by atoms with Gasteiger partial charge < -0.3 is 10.5 Å². The smallest absolute Gasteiger partial charge is 0.0798 e. The van der Waals surface area contributed by atoms with Crippen LogP contribution in [0.4, 0.5) is 0 Å². The fourth-order valence-electron chi connectivity index (χ4n) is 2.62. The van der Waals surface area contributed by atoms with E-state index in [1.54, 1.807) is 11.3 Å². The number of ether oxygens (including phenoxy) is 1. The van der Waals surface area contributed by atoms with Gasteiger partial charge in [0, 0.05) is 30.6 Å². The minimum absolute atomic E-state index is 0.409. The van der Waals surface area contributed by atoms with Crippen LogP contribution in [0.25, 0.3) is 0 Å². The highest BCUT2D eigenvalue weighted by atomic mass is 32.1. The van der Waals surface area contributed by atoms with E-state index < -0.39 is 0 Å². The van der Waals surface area contributed by atoms with Crippen LogP contribution in [0.15, 0.2) is 5.51 Å². The number of nitrogens with zero attached hydrogens (tertiary/aromatic N) is 2. The molecule has 2 atom stereocenters. The van der Waals surface area contributed by atoms with Gasteiger partial charge in [-0.2, -0.15) is 0 Å². The minimum atomic E-state index is 0.409. The van der Waals surface area contributed by atoms with E-state index in [-0.39, 0.29) is 0 Å². The lowest BCUT2D eigenvalue weighted by molar-refractivity contribution is 0.0157. The zero-order valence-electron chi connectivity index (χ0n) is 11.3. The number of likely N-dealkylation sites (N-methyl/N-ethyl adjacent to an activating group) is 1. The second-order valence-electron chi connectivity index (χ2n) is 5.06. The largest absolute Gasteiger partial charge is 0.381 e. The Kier molecular flexibility index (Phi) is 5.12. The van der Waals surface area contributed by atoms with Gasteiger partial charge in [0.1, 0.15) is 0 Å². The monoisotopic (exact) mass is 269 g/mol. The number of thiazole rings is 1. The van der Waals surface area contributed by atoms with Crippen molar-refractivity contribution in [2.24, 2.45) is 11.7 Å². The summed E-state index contributed by atoms with van der Waals surface area (Å²) in [5.41, 5.74) is 9.02. The quantitative estimate of drug-likeness (QED) is 0.883. The molecule has 2 unspecified atom stereocenters. The summed E-state index contributed by atoms with van der Waals surface area (Å²) in [7, 11) is 2.16. The predicted molar refractivity (Wildman–Crippen MR) is 74.7 cm³/mol. The number of rotatable bonds is 5. The fraction of sp³-hybridized carbons (Fsp3) is 0.769. The maximum Gasteiger partial charge on any atom is 0.0798 e.